The number of fused-ring (bicyclic) bond motifs is 1. The fourth-order valence-electron chi connectivity index (χ4n) is 2.86. The number of hydrogen-bond acceptors (Lipinski definition) is 4. The van der Waals surface area contributed by atoms with Crippen molar-refractivity contribution in [1.82, 2.24) is 9.88 Å². The van der Waals surface area contributed by atoms with Crippen LogP contribution >= 0.6 is 0 Å². The summed E-state index contributed by atoms with van der Waals surface area (Å²) in [4.78, 5) is 22.7. The van der Waals surface area contributed by atoms with E-state index in [4.69, 9.17) is 0 Å². The first kappa shape index (κ1) is 17.6. The monoisotopic (exact) mass is 353 g/mol. The van der Waals surface area contributed by atoms with Crippen molar-refractivity contribution in [3.05, 3.63) is 75.5 Å². The number of carbonyl (C=O) groups excluding carboxylic acids is 1. The van der Waals surface area contributed by atoms with Gasteiger partial charge in [0.2, 0.25) is 0 Å². The van der Waals surface area contributed by atoms with Gasteiger partial charge in [-0.15, -0.1) is 0 Å². The summed E-state index contributed by atoms with van der Waals surface area (Å²) in [6, 6.07) is 11.9. The minimum atomic E-state index is -0.871. The van der Waals surface area contributed by atoms with Gasteiger partial charge in [-0.3, -0.25) is 14.9 Å². The Labute approximate surface area is 150 Å². The highest BCUT2D eigenvalue weighted by atomic mass is 16.6. The van der Waals surface area contributed by atoms with Gasteiger partial charge < -0.3 is 15.0 Å². The Bertz CT molecular complexity index is 994. The molecule has 0 bridgehead atoms. The largest absolute Gasteiger partial charge is 0.387 e. The number of nitro benzene ring substituents is 1. The van der Waals surface area contributed by atoms with Crippen molar-refractivity contribution >= 4 is 22.5 Å². The van der Waals surface area contributed by atoms with Crippen molar-refractivity contribution in [2.45, 2.75) is 13.0 Å². The van der Waals surface area contributed by atoms with Crippen molar-refractivity contribution in [3.8, 4) is 0 Å². The summed E-state index contributed by atoms with van der Waals surface area (Å²) in [5.74, 6) is -0.465. The van der Waals surface area contributed by atoms with Crippen LogP contribution in [-0.2, 0) is 7.05 Å². The Morgan fingerprint density at radius 2 is 2.04 bits per heavy atom. The highest BCUT2D eigenvalue weighted by Gasteiger charge is 2.16. The summed E-state index contributed by atoms with van der Waals surface area (Å²) in [6.07, 6.45) is 1.07. The summed E-state index contributed by atoms with van der Waals surface area (Å²) in [6.45, 7) is 1.63. The lowest BCUT2D eigenvalue weighted by atomic mass is 10.1. The van der Waals surface area contributed by atoms with Gasteiger partial charge in [0.05, 0.1) is 11.0 Å². The van der Waals surface area contributed by atoms with Crippen molar-refractivity contribution < 1.29 is 14.8 Å². The number of aromatic nitrogens is 1. The molecular formula is C19H19N3O4. The number of benzene rings is 2. The van der Waals surface area contributed by atoms with E-state index in [0.29, 0.717) is 11.1 Å². The van der Waals surface area contributed by atoms with E-state index < -0.39 is 16.9 Å². The Kier molecular flexibility index (Phi) is 4.73. The number of nitro groups is 1. The molecular weight excluding hydrogens is 334 g/mol. The molecule has 0 spiro atoms. The molecule has 0 aliphatic carbocycles. The molecule has 3 rings (SSSR count). The maximum Gasteiger partial charge on any atom is 0.273 e. The van der Waals surface area contributed by atoms with Crippen LogP contribution in [0.25, 0.3) is 10.9 Å². The van der Waals surface area contributed by atoms with Crippen LogP contribution in [0.2, 0.25) is 0 Å². The maximum atomic E-state index is 12.2. The van der Waals surface area contributed by atoms with E-state index in [1.807, 2.05) is 42.1 Å². The highest BCUT2D eigenvalue weighted by Crippen LogP contribution is 2.22. The highest BCUT2D eigenvalue weighted by molar-refractivity contribution is 5.95. The lowest BCUT2D eigenvalue weighted by Gasteiger charge is -2.13. The minimum absolute atomic E-state index is 0.0127. The molecule has 3 aromatic rings. The van der Waals surface area contributed by atoms with Gasteiger partial charge in [-0.05, 0) is 42.1 Å². The van der Waals surface area contributed by atoms with Gasteiger partial charge in [0, 0.05) is 42.5 Å². The van der Waals surface area contributed by atoms with Crippen molar-refractivity contribution in [2.24, 2.45) is 7.05 Å². The fraction of sp³-hybridized carbons (Fsp3) is 0.211. The van der Waals surface area contributed by atoms with E-state index in [1.54, 1.807) is 6.92 Å². The fourth-order valence-corrected chi connectivity index (χ4v) is 2.86. The van der Waals surface area contributed by atoms with Crippen molar-refractivity contribution in [3.63, 3.8) is 0 Å². The molecule has 0 aliphatic heterocycles. The summed E-state index contributed by atoms with van der Waals surface area (Å²) < 4.78 is 1.98. The zero-order valence-electron chi connectivity index (χ0n) is 14.5. The molecule has 2 aromatic carbocycles. The number of nitrogens with one attached hydrogen (secondary N) is 1. The third kappa shape index (κ3) is 3.43. The second-order valence-corrected chi connectivity index (χ2v) is 6.23. The zero-order valence-corrected chi connectivity index (χ0v) is 14.5. The molecule has 2 N–H and O–H groups in total. The van der Waals surface area contributed by atoms with E-state index in [2.05, 4.69) is 5.32 Å². The first-order valence-electron chi connectivity index (χ1n) is 8.13. The quantitative estimate of drug-likeness (QED) is 0.544. The molecule has 7 heteroatoms. The first-order valence-corrected chi connectivity index (χ1v) is 8.13. The smallest absolute Gasteiger partial charge is 0.273 e. The molecule has 0 saturated carbocycles. The van der Waals surface area contributed by atoms with Gasteiger partial charge in [0.25, 0.3) is 11.6 Å². The number of nitrogens with zero attached hydrogens (tertiary/aromatic N) is 2. The normalized spacial score (nSPS) is 12.1. The Hall–Kier alpha value is -3.19. The predicted molar refractivity (Wildman–Crippen MR) is 98.0 cm³/mol. The molecule has 1 aromatic heterocycles. The summed E-state index contributed by atoms with van der Waals surface area (Å²) in [5, 5.41) is 25.0. The van der Waals surface area contributed by atoms with E-state index in [1.165, 1.54) is 18.2 Å². The van der Waals surface area contributed by atoms with E-state index in [9.17, 15) is 20.0 Å². The van der Waals surface area contributed by atoms with Gasteiger partial charge >= 0.3 is 0 Å². The lowest BCUT2D eigenvalue weighted by Crippen LogP contribution is -2.28. The molecule has 1 unspecified atom stereocenters. The summed E-state index contributed by atoms with van der Waals surface area (Å²) >= 11 is 0. The molecule has 1 heterocycles. The van der Waals surface area contributed by atoms with Crippen LogP contribution in [0.1, 0.15) is 27.6 Å². The van der Waals surface area contributed by atoms with Crippen LogP contribution in [0.3, 0.4) is 0 Å². The topological polar surface area (TPSA) is 97.4 Å². The predicted octanol–water partition coefficient (Wildman–Crippen LogP) is 2.86. The van der Waals surface area contributed by atoms with Crippen molar-refractivity contribution in [2.75, 3.05) is 6.54 Å². The standard InChI is InChI=1S/C19H19N3O4/c1-12-3-4-15(10-17(12)22(25)26)19(24)20-11-18(23)14-5-6-16-13(9-14)7-8-21(16)2/h3-10,18,23H,11H2,1-2H3,(H,20,24). The van der Waals surface area contributed by atoms with Gasteiger partial charge in [-0.2, -0.15) is 0 Å². The average molecular weight is 353 g/mol. The number of aliphatic hydroxyl groups is 1. The molecule has 1 amide bonds. The number of rotatable bonds is 5. The van der Waals surface area contributed by atoms with Crippen molar-refractivity contribution in [1.29, 1.82) is 0 Å². The van der Waals surface area contributed by atoms with Gasteiger partial charge in [0.15, 0.2) is 0 Å². The SMILES string of the molecule is Cc1ccc(C(=O)NCC(O)c2ccc3c(ccn3C)c2)cc1[N+](=O)[O-]. The van der Waals surface area contributed by atoms with E-state index >= 15 is 0 Å². The van der Waals surface area contributed by atoms with Crippen LogP contribution in [0.4, 0.5) is 5.69 Å². The number of hydrogen-bond donors (Lipinski definition) is 2. The molecule has 0 aliphatic rings. The average Bonchev–Trinajstić information content (AvgIpc) is 3.00. The number of aryl methyl sites for hydroxylation is 2. The minimum Gasteiger partial charge on any atom is -0.387 e. The van der Waals surface area contributed by atoms with Crippen LogP contribution in [0, 0.1) is 17.0 Å². The third-order valence-electron chi connectivity index (χ3n) is 4.42. The summed E-state index contributed by atoms with van der Waals surface area (Å²) in [5.41, 5.74) is 2.32. The van der Waals surface area contributed by atoms with E-state index in [0.717, 1.165) is 10.9 Å². The van der Waals surface area contributed by atoms with Gasteiger partial charge in [-0.1, -0.05) is 12.1 Å². The number of carbonyl (C=O) groups is 1. The third-order valence-corrected chi connectivity index (χ3v) is 4.42. The van der Waals surface area contributed by atoms with Gasteiger partial charge in [0.1, 0.15) is 0 Å². The zero-order chi connectivity index (χ0) is 18.8. The molecule has 0 radical (unpaired) electrons. The lowest BCUT2D eigenvalue weighted by molar-refractivity contribution is -0.385. The molecule has 26 heavy (non-hydrogen) atoms. The summed E-state index contributed by atoms with van der Waals surface area (Å²) in [7, 11) is 1.94. The van der Waals surface area contributed by atoms with E-state index in [-0.39, 0.29) is 17.8 Å². The maximum absolute atomic E-state index is 12.2. The molecule has 0 saturated heterocycles. The Balaban J connectivity index is 1.70. The Morgan fingerprint density at radius 1 is 1.27 bits per heavy atom. The first-order chi connectivity index (χ1) is 12.4. The molecule has 0 fully saturated rings. The van der Waals surface area contributed by atoms with Crippen LogP contribution < -0.4 is 5.32 Å². The molecule has 1 atom stereocenters. The molecule has 7 nitrogen and oxygen atoms in total. The van der Waals surface area contributed by atoms with Crippen LogP contribution in [0.5, 0.6) is 0 Å². The van der Waals surface area contributed by atoms with Crippen LogP contribution in [-0.4, -0.2) is 27.0 Å². The van der Waals surface area contributed by atoms with Gasteiger partial charge in [-0.25, -0.2) is 0 Å². The van der Waals surface area contributed by atoms with Crippen LogP contribution in [0.15, 0.2) is 48.7 Å². The second-order valence-electron chi connectivity index (χ2n) is 6.23. The number of amides is 1. The molecule has 134 valence electrons. The number of aliphatic hydroxyl groups excluding tert-OH is 1. The second kappa shape index (κ2) is 6.97. The Morgan fingerprint density at radius 3 is 2.77 bits per heavy atom.